The highest BCUT2D eigenvalue weighted by molar-refractivity contribution is 6.12. The lowest BCUT2D eigenvalue weighted by molar-refractivity contribution is -0.142. The Hall–Kier alpha value is -3.54. The molecule has 0 bridgehead atoms. The van der Waals surface area contributed by atoms with E-state index in [-0.39, 0.29) is 18.1 Å². The molecule has 0 unspecified atom stereocenters. The van der Waals surface area contributed by atoms with Gasteiger partial charge in [-0.3, -0.25) is 4.79 Å². The maximum absolute atomic E-state index is 12.4. The second-order valence-electron chi connectivity index (χ2n) is 5.59. The van der Waals surface area contributed by atoms with Crippen LogP contribution in [0.15, 0.2) is 60.4 Å². The Morgan fingerprint density at radius 1 is 1.15 bits per heavy atom. The number of esters is 1. The van der Waals surface area contributed by atoms with Crippen LogP contribution in [0.2, 0.25) is 0 Å². The number of carbonyl (C=O) groups is 2. The van der Waals surface area contributed by atoms with E-state index >= 15 is 0 Å². The molecule has 6 heteroatoms. The predicted octanol–water partition coefficient (Wildman–Crippen LogP) is 3.42. The third kappa shape index (κ3) is 4.17. The molecule has 0 fully saturated rings. The van der Waals surface area contributed by atoms with E-state index in [9.17, 15) is 9.59 Å². The molecule has 2 aromatic carbocycles. The summed E-state index contributed by atoms with van der Waals surface area (Å²) in [5, 5.41) is 0. The van der Waals surface area contributed by atoms with Crippen LogP contribution in [-0.4, -0.2) is 32.6 Å². The minimum Gasteiger partial charge on any atom is -0.496 e. The number of para-hydroxylation sites is 1. The summed E-state index contributed by atoms with van der Waals surface area (Å²) in [6, 6.07) is 12.3. The summed E-state index contributed by atoms with van der Waals surface area (Å²) in [6.07, 6.45) is 5.16. The smallest absolute Gasteiger partial charge is 0.343 e. The number of Topliss-reactive ketones (excluding diaryl/α,β-unsaturated/α-hetero) is 1. The Morgan fingerprint density at radius 2 is 1.96 bits per heavy atom. The fourth-order valence-electron chi connectivity index (χ4n) is 2.52. The molecule has 0 atom stereocenters. The molecule has 27 heavy (non-hydrogen) atoms. The molecule has 0 aliphatic carbocycles. The van der Waals surface area contributed by atoms with Gasteiger partial charge in [-0.15, -0.1) is 0 Å². The van der Waals surface area contributed by atoms with E-state index in [1.54, 1.807) is 37.5 Å². The molecule has 0 saturated carbocycles. The van der Waals surface area contributed by atoms with Crippen molar-refractivity contribution in [3.63, 3.8) is 0 Å². The number of hydrogen-bond acceptors (Lipinski definition) is 6. The molecule has 0 saturated heterocycles. The highest BCUT2D eigenvalue weighted by Gasteiger charge is 2.27. The van der Waals surface area contributed by atoms with Gasteiger partial charge in [0.15, 0.2) is 12.4 Å². The summed E-state index contributed by atoms with van der Waals surface area (Å²) < 4.78 is 20.7. The predicted molar refractivity (Wildman–Crippen MR) is 99.0 cm³/mol. The number of methoxy groups -OCH3 is 2. The van der Waals surface area contributed by atoms with Gasteiger partial charge >= 0.3 is 5.97 Å². The van der Waals surface area contributed by atoms with E-state index in [4.69, 9.17) is 14.2 Å². The molecule has 1 aliphatic rings. The van der Waals surface area contributed by atoms with E-state index in [0.29, 0.717) is 17.1 Å². The third-order valence-corrected chi connectivity index (χ3v) is 3.89. The van der Waals surface area contributed by atoms with Crippen LogP contribution in [0, 0.1) is 0 Å². The first-order valence-electron chi connectivity index (χ1n) is 8.20. The van der Waals surface area contributed by atoms with E-state index in [2.05, 4.69) is 4.74 Å². The topological polar surface area (TPSA) is 71.1 Å². The van der Waals surface area contributed by atoms with Crippen molar-refractivity contribution < 1.29 is 28.5 Å². The van der Waals surface area contributed by atoms with Gasteiger partial charge in [-0.05, 0) is 24.3 Å². The maximum atomic E-state index is 12.4. The molecule has 0 spiro atoms. The first kappa shape index (κ1) is 18.3. The molecule has 2 aromatic rings. The molecule has 0 aromatic heterocycles. The molecule has 1 heterocycles. The largest absolute Gasteiger partial charge is 0.496 e. The molecule has 138 valence electrons. The molecule has 0 N–H and O–H groups in total. The highest BCUT2D eigenvalue weighted by atomic mass is 16.6. The zero-order chi connectivity index (χ0) is 19.2. The zero-order valence-electron chi connectivity index (χ0n) is 14.9. The van der Waals surface area contributed by atoms with Crippen molar-refractivity contribution in [3.8, 4) is 17.2 Å². The van der Waals surface area contributed by atoms with Gasteiger partial charge in [0, 0.05) is 11.6 Å². The van der Waals surface area contributed by atoms with E-state index in [1.165, 1.54) is 7.11 Å². The Balaban J connectivity index is 1.73. The van der Waals surface area contributed by atoms with Crippen LogP contribution in [0.3, 0.4) is 0 Å². The van der Waals surface area contributed by atoms with Gasteiger partial charge in [0.1, 0.15) is 17.2 Å². The van der Waals surface area contributed by atoms with Crippen LogP contribution < -0.4 is 14.2 Å². The van der Waals surface area contributed by atoms with Gasteiger partial charge < -0.3 is 18.9 Å². The lowest BCUT2D eigenvalue weighted by Crippen LogP contribution is -2.12. The maximum Gasteiger partial charge on any atom is 0.343 e. The van der Waals surface area contributed by atoms with E-state index < -0.39 is 5.97 Å². The summed E-state index contributed by atoms with van der Waals surface area (Å²) in [4.78, 5) is 23.6. The van der Waals surface area contributed by atoms with Crippen LogP contribution in [0.25, 0.3) is 6.08 Å². The van der Waals surface area contributed by atoms with Crippen molar-refractivity contribution in [2.24, 2.45) is 0 Å². The summed E-state index contributed by atoms with van der Waals surface area (Å²) >= 11 is 0. The number of benzene rings is 2. The third-order valence-electron chi connectivity index (χ3n) is 3.89. The van der Waals surface area contributed by atoms with Gasteiger partial charge in [-0.1, -0.05) is 30.4 Å². The lowest BCUT2D eigenvalue weighted by atomic mass is 10.1. The summed E-state index contributed by atoms with van der Waals surface area (Å²) in [6.45, 7) is -0.215. The SMILES string of the molecule is COC(=O)COc1ccc2c(c1)O/C(=C\C=C\c1ccccc1OC)C2=O. The Morgan fingerprint density at radius 3 is 2.74 bits per heavy atom. The van der Waals surface area contributed by atoms with Crippen LogP contribution in [0.5, 0.6) is 17.2 Å². The summed E-state index contributed by atoms with van der Waals surface area (Å²) in [5.41, 5.74) is 1.33. The fraction of sp³-hybridized carbons (Fsp3) is 0.143. The van der Waals surface area contributed by atoms with Crippen molar-refractivity contribution in [1.29, 1.82) is 0 Å². The Bertz CT molecular complexity index is 926. The molecule has 1 aliphatic heterocycles. The van der Waals surface area contributed by atoms with Gasteiger partial charge in [-0.25, -0.2) is 4.79 Å². The first-order chi connectivity index (χ1) is 13.1. The Kier molecular flexibility index (Phi) is 5.56. The number of allylic oxidation sites excluding steroid dienone is 3. The average Bonchev–Trinajstić information content (AvgIpc) is 3.01. The van der Waals surface area contributed by atoms with Crippen LogP contribution in [-0.2, 0) is 9.53 Å². The number of rotatable bonds is 6. The van der Waals surface area contributed by atoms with Gasteiger partial charge in [0.2, 0.25) is 5.78 Å². The molecule has 0 amide bonds. The van der Waals surface area contributed by atoms with Crippen LogP contribution >= 0.6 is 0 Å². The fourth-order valence-corrected chi connectivity index (χ4v) is 2.52. The molecule has 0 radical (unpaired) electrons. The van der Waals surface area contributed by atoms with Gasteiger partial charge in [-0.2, -0.15) is 0 Å². The van der Waals surface area contributed by atoms with Gasteiger partial charge in [0.05, 0.1) is 19.8 Å². The quantitative estimate of drug-likeness (QED) is 0.576. The standard InChI is InChI=1S/C21H18O6/c1-24-17-8-4-3-6-14(17)7-5-9-18-21(23)16-11-10-15(12-19(16)27-18)26-13-20(22)25-2/h3-12H,13H2,1-2H3/b7-5+,18-9-. The van der Waals surface area contributed by atoms with Crippen LogP contribution in [0.4, 0.5) is 0 Å². The van der Waals surface area contributed by atoms with Crippen LogP contribution in [0.1, 0.15) is 15.9 Å². The summed E-state index contributed by atoms with van der Waals surface area (Å²) in [5.74, 6) is 1.04. The van der Waals surface area contributed by atoms with Crippen molar-refractivity contribution in [2.45, 2.75) is 0 Å². The molecule has 6 nitrogen and oxygen atoms in total. The minimum atomic E-state index is -0.491. The van der Waals surface area contributed by atoms with E-state index in [0.717, 1.165) is 11.3 Å². The van der Waals surface area contributed by atoms with Crippen molar-refractivity contribution in [1.82, 2.24) is 0 Å². The monoisotopic (exact) mass is 366 g/mol. The average molecular weight is 366 g/mol. The normalized spacial score (nSPS) is 14.1. The van der Waals surface area contributed by atoms with Crippen molar-refractivity contribution >= 4 is 17.8 Å². The van der Waals surface area contributed by atoms with Gasteiger partial charge in [0.25, 0.3) is 0 Å². The van der Waals surface area contributed by atoms with Crippen molar-refractivity contribution in [2.75, 3.05) is 20.8 Å². The second kappa shape index (κ2) is 8.23. The first-order valence-corrected chi connectivity index (χ1v) is 8.20. The summed E-state index contributed by atoms with van der Waals surface area (Å²) in [7, 11) is 2.89. The lowest BCUT2D eigenvalue weighted by Gasteiger charge is -2.05. The highest BCUT2D eigenvalue weighted by Crippen LogP contribution is 2.34. The molecular formula is C21H18O6. The Labute approximate surface area is 156 Å². The zero-order valence-corrected chi connectivity index (χ0v) is 14.9. The number of hydrogen-bond donors (Lipinski definition) is 0. The number of fused-ring (bicyclic) bond motifs is 1. The second-order valence-corrected chi connectivity index (χ2v) is 5.59. The minimum absolute atomic E-state index is 0.210. The number of carbonyl (C=O) groups excluding carboxylic acids is 2. The van der Waals surface area contributed by atoms with E-state index in [1.807, 2.05) is 30.3 Å². The molecule has 3 rings (SSSR count). The number of ether oxygens (including phenoxy) is 4. The van der Waals surface area contributed by atoms with Crippen molar-refractivity contribution in [3.05, 3.63) is 71.5 Å². The molecular weight excluding hydrogens is 348 g/mol. The number of ketones is 1.